The van der Waals surface area contributed by atoms with Gasteiger partial charge in [-0.1, -0.05) is 158 Å². The molecular formula is C51H31N3OS. The lowest BCUT2D eigenvalue weighted by Crippen LogP contribution is -2.00. The van der Waals surface area contributed by atoms with E-state index in [0.29, 0.717) is 17.5 Å². The molecule has 4 nitrogen and oxygen atoms in total. The first-order chi connectivity index (χ1) is 27.7. The Labute approximate surface area is 327 Å². The van der Waals surface area contributed by atoms with Crippen LogP contribution in [0.1, 0.15) is 0 Å². The van der Waals surface area contributed by atoms with Gasteiger partial charge < -0.3 is 4.42 Å². The lowest BCUT2D eigenvalue weighted by Gasteiger charge is -2.09. The molecule has 0 spiro atoms. The third-order valence-corrected chi connectivity index (χ3v) is 11.7. The summed E-state index contributed by atoms with van der Waals surface area (Å²) in [6.07, 6.45) is 0. The van der Waals surface area contributed by atoms with Gasteiger partial charge in [-0.25, -0.2) is 15.0 Å². The Morgan fingerprint density at radius 3 is 1.45 bits per heavy atom. The Bertz CT molecular complexity index is 3230. The lowest BCUT2D eigenvalue weighted by atomic mass is 9.95. The van der Waals surface area contributed by atoms with Crippen LogP contribution in [0.2, 0.25) is 0 Å². The summed E-state index contributed by atoms with van der Waals surface area (Å²) in [7, 11) is 0. The number of benzene rings is 8. The van der Waals surface area contributed by atoms with Crippen molar-refractivity contribution in [2.24, 2.45) is 0 Å². The highest BCUT2D eigenvalue weighted by Gasteiger charge is 2.18. The van der Waals surface area contributed by atoms with Crippen molar-refractivity contribution in [3.8, 4) is 67.5 Å². The Hall–Kier alpha value is -7.21. The van der Waals surface area contributed by atoms with Crippen molar-refractivity contribution in [1.82, 2.24) is 15.0 Å². The van der Waals surface area contributed by atoms with Crippen LogP contribution in [-0.2, 0) is 0 Å². The normalized spacial score (nSPS) is 11.6. The fourth-order valence-corrected chi connectivity index (χ4v) is 8.90. The number of rotatable bonds is 6. The fraction of sp³-hybridized carbons (Fsp3) is 0. The molecule has 262 valence electrons. The first kappa shape index (κ1) is 32.2. The molecular weight excluding hydrogens is 703 g/mol. The molecule has 0 bridgehead atoms. The van der Waals surface area contributed by atoms with E-state index in [-0.39, 0.29) is 0 Å². The largest absolute Gasteiger partial charge is 0.455 e. The lowest BCUT2D eigenvalue weighted by molar-refractivity contribution is 0.670. The molecule has 0 atom stereocenters. The highest BCUT2D eigenvalue weighted by atomic mass is 32.1. The summed E-state index contributed by atoms with van der Waals surface area (Å²) < 4.78 is 8.95. The molecule has 3 heterocycles. The van der Waals surface area contributed by atoms with Gasteiger partial charge in [0, 0.05) is 53.2 Å². The van der Waals surface area contributed by atoms with Crippen LogP contribution in [0.25, 0.3) is 110 Å². The van der Waals surface area contributed by atoms with Gasteiger partial charge in [-0.2, -0.15) is 0 Å². The Morgan fingerprint density at radius 1 is 0.321 bits per heavy atom. The van der Waals surface area contributed by atoms with E-state index < -0.39 is 0 Å². The van der Waals surface area contributed by atoms with Crippen LogP contribution < -0.4 is 0 Å². The smallest absolute Gasteiger partial charge is 0.164 e. The molecule has 0 saturated carbocycles. The molecule has 56 heavy (non-hydrogen) atoms. The summed E-state index contributed by atoms with van der Waals surface area (Å²) in [5, 5.41) is 4.68. The minimum absolute atomic E-state index is 0.643. The summed E-state index contributed by atoms with van der Waals surface area (Å²) in [5.41, 5.74) is 11.5. The van der Waals surface area contributed by atoms with Crippen LogP contribution in [-0.4, -0.2) is 15.0 Å². The highest BCUT2D eigenvalue weighted by Crippen LogP contribution is 2.43. The number of hydrogen-bond acceptors (Lipinski definition) is 5. The van der Waals surface area contributed by atoms with Gasteiger partial charge in [0.2, 0.25) is 0 Å². The number of fused-ring (bicyclic) bond motifs is 6. The van der Waals surface area contributed by atoms with Gasteiger partial charge in [0.15, 0.2) is 17.5 Å². The van der Waals surface area contributed by atoms with E-state index in [2.05, 4.69) is 140 Å². The number of aromatic nitrogens is 3. The molecule has 0 unspecified atom stereocenters. The van der Waals surface area contributed by atoms with Crippen molar-refractivity contribution in [2.45, 2.75) is 0 Å². The van der Waals surface area contributed by atoms with Gasteiger partial charge in [-0.15, -0.1) is 11.3 Å². The van der Waals surface area contributed by atoms with Gasteiger partial charge >= 0.3 is 0 Å². The first-order valence-corrected chi connectivity index (χ1v) is 19.5. The Balaban J connectivity index is 1.02. The number of thiophene rings is 1. The highest BCUT2D eigenvalue weighted by molar-refractivity contribution is 7.25. The third kappa shape index (κ3) is 5.65. The van der Waals surface area contributed by atoms with Gasteiger partial charge in [-0.05, 0) is 58.1 Å². The second-order valence-electron chi connectivity index (χ2n) is 14.0. The summed E-state index contributed by atoms with van der Waals surface area (Å²) in [4.78, 5) is 15.1. The maximum atomic E-state index is 6.56. The van der Waals surface area contributed by atoms with Crippen molar-refractivity contribution in [3.63, 3.8) is 0 Å². The average molecular weight is 734 g/mol. The van der Waals surface area contributed by atoms with E-state index in [4.69, 9.17) is 19.4 Å². The molecule has 11 rings (SSSR count). The summed E-state index contributed by atoms with van der Waals surface area (Å²) >= 11 is 1.79. The number of furan rings is 1. The first-order valence-electron chi connectivity index (χ1n) is 18.7. The molecule has 0 fully saturated rings. The van der Waals surface area contributed by atoms with Crippen LogP contribution in [0, 0.1) is 0 Å². The van der Waals surface area contributed by atoms with Crippen LogP contribution in [0.4, 0.5) is 0 Å². The average Bonchev–Trinajstić information content (AvgIpc) is 3.84. The standard InChI is InChI=1S/C51H31N3OS/c1-4-12-32(13-5-1)34-20-22-36(23-21-34)50-52-49(35-16-8-3-9-17-35)53-51(54-50)38-25-27-42-41-26-24-37(30-46(41)56-47(42)31-38)43-28-39(33-14-6-2-7-15-33)29-44-40-18-10-11-19-45(40)55-48(43)44/h1-31H. The Morgan fingerprint density at radius 2 is 0.786 bits per heavy atom. The van der Waals surface area contributed by atoms with E-state index in [1.165, 1.54) is 36.9 Å². The second kappa shape index (κ2) is 13.3. The zero-order chi connectivity index (χ0) is 37.0. The molecule has 0 aliphatic heterocycles. The number of para-hydroxylation sites is 1. The monoisotopic (exact) mass is 733 g/mol. The molecule has 0 radical (unpaired) electrons. The SMILES string of the molecule is c1ccc(-c2ccc(-c3nc(-c4ccccc4)nc(-c4ccc5c(c4)sc4cc(-c6cc(-c7ccccc7)cc7c6oc6ccccc67)ccc45)n3)cc2)cc1. The predicted molar refractivity (Wildman–Crippen MR) is 233 cm³/mol. The molecule has 5 heteroatoms. The molecule has 8 aromatic carbocycles. The van der Waals surface area contributed by atoms with Crippen LogP contribution in [0.15, 0.2) is 192 Å². The predicted octanol–water partition coefficient (Wildman–Crippen LogP) is 14.1. The summed E-state index contributed by atoms with van der Waals surface area (Å²) in [5.74, 6) is 1.93. The zero-order valence-electron chi connectivity index (χ0n) is 30.1. The van der Waals surface area contributed by atoms with Crippen molar-refractivity contribution >= 4 is 53.4 Å². The zero-order valence-corrected chi connectivity index (χ0v) is 30.9. The van der Waals surface area contributed by atoms with Gasteiger partial charge in [0.1, 0.15) is 11.2 Å². The molecule has 0 amide bonds. The number of nitrogens with zero attached hydrogens (tertiary/aromatic N) is 3. The summed E-state index contributed by atoms with van der Waals surface area (Å²) in [6, 6.07) is 65.7. The van der Waals surface area contributed by atoms with Gasteiger partial charge in [-0.3, -0.25) is 0 Å². The maximum Gasteiger partial charge on any atom is 0.164 e. The van der Waals surface area contributed by atoms with Crippen molar-refractivity contribution < 1.29 is 4.42 Å². The minimum atomic E-state index is 0.643. The quantitative estimate of drug-likeness (QED) is 0.171. The fourth-order valence-electron chi connectivity index (χ4n) is 7.72. The van der Waals surface area contributed by atoms with Crippen molar-refractivity contribution in [1.29, 1.82) is 0 Å². The van der Waals surface area contributed by atoms with E-state index >= 15 is 0 Å². The van der Waals surface area contributed by atoms with Crippen molar-refractivity contribution in [3.05, 3.63) is 188 Å². The molecule has 3 aromatic heterocycles. The van der Waals surface area contributed by atoms with Gasteiger partial charge in [0.05, 0.1) is 0 Å². The van der Waals surface area contributed by atoms with Crippen LogP contribution in [0.3, 0.4) is 0 Å². The van der Waals surface area contributed by atoms with E-state index in [1.54, 1.807) is 11.3 Å². The molecule has 0 saturated heterocycles. The van der Waals surface area contributed by atoms with E-state index in [0.717, 1.165) is 55.3 Å². The summed E-state index contributed by atoms with van der Waals surface area (Å²) in [6.45, 7) is 0. The third-order valence-electron chi connectivity index (χ3n) is 10.5. The maximum absolute atomic E-state index is 6.56. The van der Waals surface area contributed by atoms with E-state index in [9.17, 15) is 0 Å². The Kier molecular flexibility index (Phi) is 7.64. The molecule has 11 aromatic rings. The van der Waals surface area contributed by atoms with E-state index in [1.807, 2.05) is 48.5 Å². The van der Waals surface area contributed by atoms with Crippen LogP contribution in [0.5, 0.6) is 0 Å². The molecule has 0 aliphatic rings. The molecule has 0 N–H and O–H groups in total. The second-order valence-corrected chi connectivity index (χ2v) is 15.1. The van der Waals surface area contributed by atoms with Crippen LogP contribution >= 0.6 is 11.3 Å². The van der Waals surface area contributed by atoms with Gasteiger partial charge in [0.25, 0.3) is 0 Å². The number of hydrogen-bond donors (Lipinski definition) is 0. The molecule has 0 aliphatic carbocycles. The van der Waals surface area contributed by atoms with Crippen molar-refractivity contribution in [2.75, 3.05) is 0 Å². The minimum Gasteiger partial charge on any atom is -0.455 e. The topological polar surface area (TPSA) is 51.8 Å².